The van der Waals surface area contributed by atoms with Gasteiger partial charge >= 0.3 is 0 Å². The Balaban J connectivity index is 1.56. The number of nitrogens with one attached hydrogen (secondary N) is 1. The van der Waals surface area contributed by atoms with Crippen LogP contribution in [0.2, 0.25) is 0 Å². The maximum Gasteiger partial charge on any atom is 0.0249 e. The van der Waals surface area contributed by atoms with Crippen molar-refractivity contribution in [2.45, 2.75) is 69.5 Å². The molecule has 0 aromatic heterocycles. The largest absolute Gasteiger partial charge is 0.310 e. The van der Waals surface area contributed by atoms with Crippen molar-refractivity contribution in [1.29, 1.82) is 0 Å². The predicted octanol–water partition coefficient (Wildman–Crippen LogP) is 2.15. The average molecular weight is 208 g/mol. The molecule has 86 valence electrons. The van der Waals surface area contributed by atoms with Gasteiger partial charge in [-0.05, 0) is 38.6 Å². The lowest BCUT2D eigenvalue weighted by Gasteiger charge is -2.33. The van der Waals surface area contributed by atoms with Crippen LogP contribution in [0.1, 0.15) is 51.4 Å². The maximum atomic E-state index is 3.94. The zero-order valence-corrected chi connectivity index (χ0v) is 9.75. The molecular formula is C13H24N2. The Bertz CT molecular complexity index is 211. The molecule has 2 aliphatic heterocycles. The Kier molecular flexibility index (Phi) is 2.98. The lowest BCUT2D eigenvalue weighted by Crippen LogP contribution is -2.47. The minimum atomic E-state index is 0.827. The number of nitrogens with zero attached hydrogens (tertiary/aromatic N) is 1. The highest BCUT2D eigenvalue weighted by Gasteiger charge is 2.36. The fourth-order valence-electron chi connectivity index (χ4n) is 3.84. The summed E-state index contributed by atoms with van der Waals surface area (Å²) in [5.41, 5.74) is 0. The summed E-state index contributed by atoms with van der Waals surface area (Å²) < 4.78 is 0. The second kappa shape index (κ2) is 4.42. The Morgan fingerprint density at radius 3 is 2.47 bits per heavy atom. The van der Waals surface area contributed by atoms with Crippen LogP contribution in [0.25, 0.3) is 0 Å². The molecule has 2 saturated heterocycles. The van der Waals surface area contributed by atoms with Crippen LogP contribution >= 0.6 is 0 Å². The first kappa shape index (κ1) is 10.1. The fourth-order valence-corrected chi connectivity index (χ4v) is 3.84. The van der Waals surface area contributed by atoms with Gasteiger partial charge in [0.15, 0.2) is 0 Å². The smallest absolute Gasteiger partial charge is 0.0249 e. The van der Waals surface area contributed by atoms with Crippen LogP contribution in [-0.2, 0) is 0 Å². The molecule has 0 aromatic carbocycles. The van der Waals surface area contributed by atoms with Gasteiger partial charge in [-0.2, -0.15) is 0 Å². The molecule has 0 amide bonds. The van der Waals surface area contributed by atoms with Crippen LogP contribution < -0.4 is 5.32 Å². The highest BCUT2D eigenvalue weighted by atomic mass is 15.2. The van der Waals surface area contributed by atoms with Gasteiger partial charge in [-0.3, -0.25) is 4.90 Å². The molecule has 15 heavy (non-hydrogen) atoms. The Hall–Kier alpha value is -0.0800. The van der Waals surface area contributed by atoms with Crippen molar-refractivity contribution in [2.75, 3.05) is 13.1 Å². The lowest BCUT2D eigenvalue weighted by atomic mass is 9.98. The quantitative estimate of drug-likeness (QED) is 0.748. The zero-order chi connectivity index (χ0) is 10.1. The molecule has 2 atom stereocenters. The summed E-state index contributed by atoms with van der Waals surface area (Å²) in [6.07, 6.45) is 11.5. The van der Waals surface area contributed by atoms with E-state index < -0.39 is 0 Å². The van der Waals surface area contributed by atoms with Crippen molar-refractivity contribution in [3.63, 3.8) is 0 Å². The molecule has 3 fully saturated rings. The standard InChI is InChI=1S/C13H24N2/c1-2-6-11(5-1)14-12-8-10-15-9-4-3-7-13(12)15/h11-14H,1-10H2. The van der Waals surface area contributed by atoms with E-state index in [-0.39, 0.29) is 0 Å². The van der Waals surface area contributed by atoms with Gasteiger partial charge in [0.05, 0.1) is 0 Å². The van der Waals surface area contributed by atoms with Crippen molar-refractivity contribution in [1.82, 2.24) is 10.2 Å². The molecule has 2 heteroatoms. The summed E-state index contributed by atoms with van der Waals surface area (Å²) in [6, 6.07) is 2.57. The predicted molar refractivity (Wildman–Crippen MR) is 63.0 cm³/mol. The lowest BCUT2D eigenvalue weighted by molar-refractivity contribution is 0.176. The van der Waals surface area contributed by atoms with E-state index in [2.05, 4.69) is 10.2 Å². The molecule has 2 nitrogen and oxygen atoms in total. The number of hydrogen-bond donors (Lipinski definition) is 1. The third-order valence-corrected chi connectivity index (χ3v) is 4.66. The van der Waals surface area contributed by atoms with Gasteiger partial charge in [0.25, 0.3) is 0 Å². The van der Waals surface area contributed by atoms with E-state index in [4.69, 9.17) is 0 Å². The first-order chi connectivity index (χ1) is 7.43. The Morgan fingerprint density at radius 1 is 0.800 bits per heavy atom. The van der Waals surface area contributed by atoms with Gasteiger partial charge < -0.3 is 5.32 Å². The molecule has 1 N–H and O–H groups in total. The van der Waals surface area contributed by atoms with Crippen LogP contribution in [-0.4, -0.2) is 36.1 Å². The molecule has 0 aromatic rings. The number of hydrogen-bond acceptors (Lipinski definition) is 2. The first-order valence-corrected chi connectivity index (χ1v) is 6.93. The molecule has 0 spiro atoms. The number of rotatable bonds is 2. The van der Waals surface area contributed by atoms with Gasteiger partial charge in [-0.15, -0.1) is 0 Å². The minimum absolute atomic E-state index is 0.827. The molecule has 1 aliphatic carbocycles. The molecule has 2 heterocycles. The summed E-state index contributed by atoms with van der Waals surface area (Å²) in [6.45, 7) is 2.72. The van der Waals surface area contributed by atoms with E-state index in [0.29, 0.717) is 0 Å². The SMILES string of the molecule is C1CCC(NC2CCN3CCCCC23)C1. The van der Waals surface area contributed by atoms with Crippen molar-refractivity contribution in [3.05, 3.63) is 0 Å². The normalized spacial score (nSPS) is 38.4. The van der Waals surface area contributed by atoms with Gasteiger partial charge in [0.1, 0.15) is 0 Å². The van der Waals surface area contributed by atoms with Crippen molar-refractivity contribution in [2.24, 2.45) is 0 Å². The van der Waals surface area contributed by atoms with Crippen molar-refractivity contribution in [3.8, 4) is 0 Å². The van der Waals surface area contributed by atoms with Crippen LogP contribution in [0, 0.1) is 0 Å². The summed E-state index contributed by atoms with van der Waals surface area (Å²) >= 11 is 0. The summed E-state index contributed by atoms with van der Waals surface area (Å²) in [5, 5.41) is 3.94. The summed E-state index contributed by atoms with van der Waals surface area (Å²) in [5.74, 6) is 0. The number of piperidine rings is 1. The molecule has 0 bridgehead atoms. The van der Waals surface area contributed by atoms with E-state index in [9.17, 15) is 0 Å². The monoisotopic (exact) mass is 208 g/mol. The van der Waals surface area contributed by atoms with Crippen LogP contribution in [0.3, 0.4) is 0 Å². The molecule has 3 aliphatic rings. The Morgan fingerprint density at radius 2 is 1.60 bits per heavy atom. The third-order valence-electron chi connectivity index (χ3n) is 4.66. The van der Waals surface area contributed by atoms with Crippen LogP contribution in [0.4, 0.5) is 0 Å². The van der Waals surface area contributed by atoms with Crippen molar-refractivity contribution >= 4 is 0 Å². The summed E-state index contributed by atoms with van der Waals surface area (Å²) in [4.78, 5) is 2.73. The van der Waals surface area contributed by atoms with Gasteiger partial charge in [-0.25, -0.2) is 0 Å². The van der Waals surface area contributed by atoms with Crippen molar-refractivity contribution < 1.29 is 0 Å². The second-order valence-electron chi connectivity index (χ2n) is 5.64. The minimum Gasteiger partial charge on any atom is -0.310 e. The topological polar surface area (TPSA) is 15.3 Å². The molecule has 3 rings (SSSR count). The van der Waals surface area contributed by atoms with Crippen LogP contribution in [0.5, 0.6) is 0 Å². The van der Waals surface area contributed by atoms with Gasteiger partial charge in [0, 0.05) is 24.7 Å². The molecule has 1 saturated carbocycles. The fraction of sp³-hybridized carbons (Fsp3) is 1.00. The molecule has 2 unspecified atom stereocenters. The van der Waals surface area contributed by atoms with E-state index in [0.717, 1.165) is 18.1 Å². The molecule has 0 radical (unpaired) electrons. The summed E-state index contributed by atoms with van der Waals surface area (Å²) in [7, 11) is 0. The highest BCUT2D eigenvalue weighted by molar-refractivity contribution is 4.95. The second-order valence-corrected chi connectivity index (χ2v) is 5.64. The van der Waals surface area contributed by atoms with E-state index >= 15 is 0 Å². The maximum absolute atomic E-state index is 3.94. The van der Waals surface area contributed by atoms with Gasteiger partial charge in [-0.1, -0.05) is 19.3 Å². The first-order valence-electron chi connectivity index (χ1n) is 6.93. The average Bonchev–Trinajstić information content (AvgIpc) is 2.89. The highest BCUT2D eigenvalue weighted by Crippen LogP contribution is 2.29. The Labute approximate surface area is 93.4 Å². The van der Waals surface area contributed by atoms with Gasteiger partial charge in [0.2, 0.25) is 0 Å². The van der Waals surface area contributed by atoms with E-state index in [1.807, 2.05) is 0 Å². The van der Waals surface area contributed by atoms with E-state index in [1.165, 1.54) is 64.5 Å². The zero-order valence-electron chi connectivity index (χ0n) is 9.75. The number of fused-ring (bicyclic) bond motifs is 1. The third kappa shape index (κ3) is 2.07. The van der Waals surface area contributed by atoms with Crippen LogP contribution in [0.15, 0.2) is 0 Å². The molecular weight excluding hydrogens is 184 g/mol. The van der Waals surface area contributed by atoms with E-state index in [1.54, 1.807) is 0 Å².